The lowest BCUT2D eigenvalue weighted by atomic mass is 9.80. The summed E-state index contributed by atoms with van der Waals surface area (Å²) in [6.07, 6.45) is 3.42. The lowest BCUT2D eigenvalue weighted by Gasteiger charge is -2.32. The second kappa shape index (κ2) is 4.47. The molecule has 1 aliphatic heterocycles. The maximum absolute atomic E-state index is 6.00. The van der Waals surface area contributed by atoms with Crippen molar-refractivity contribution >= 4 is 12.6 Å². The Kier molecular flexibility index (Phi) is 2.99. The summed E-state index contributed by atoms with van der Waals surface area (Å²) in [6, 6.07) is 7.61. The molecule has 0 aliphatic carbocycles. The largest absolute Gasteiger partial charge is 0.496 e. The normalized spacial score (nSPS) is 20.3. The van der Waals surface area contributed by atoms with E-state index in [2.05, 4.69) is 4.98 Å². The number of aromatic nitrogens is 1. The van der Waals surface area contributed by atoms with E-state index in [4.69, 9.17) is 13.7 Å². The van der Waals surface area contributed by atoms with Crippen LogP contribution in [-0.4, -0.2) is 23.3 Å². The second-order valence-electron chi connectivity index (χ2n) is 6.04. The molecule has 0 spiro atoms. The van der Waals surface area contributed by atoms with Crippen LogP contribution < -0.4 is 5.46 Å². The van der Waals surface area contributed by atoms with E-state index >= 15 is 0 Å². The Morgan fingerprint density at radius 2 is 1.70 bits per heavy atom. The summed E-state index contributed by atoms with van der Waals surface area (Å²) in [5.41, 5.74) is 1.04. The highest BCUT2D eigenvalue weighted by atomic mass is 16.7. The third-order valence-electron chi connectivity index (χ3n) is 4.09. The molecule has 20 heavy (non-hydrogen) atoms. The molecular formula is C15H18BNO3. The first-order valence-corrected chi connectivity index (χ1v) is 6.74. The summed E-state index contributed by atoms with van der Waals surface area (Å²) in [7, 11) is -0.377. The molecule has 0 atom stereocenters. The number of hydrogen-bond donors (Lipinski definition) is 0. The highest BCUT2D eigenvalue weighted by Gasteiger charge is 2.51. The SMILES string of the molecule is CC1(C)OB(c2ccc(-c3ccco3)nc2)OC1(C)C. The van der Waals surface area contributed by atoms with Crippen molar-refractivity contribution in [3.05, 3.63) is 36.7 Å². The van der Waals surface area contributed by atoms with Gasteiger partial charge in [-0.15, -0.1) is 0 Å². The maximum atomic E-state index is 6.00. The van der Waals surface area contributed by atoms with Gasteiger partial charge >= 0.3 is 7.12 Å². The molecule has 4 nitrogen and oxygen atoms in total. The Hall–Kier alpha value is -1.59. The highest BCUT2D eigenvalue weighted by molar-refractivity contribution is 6.62. The molecule has 0 unspecified atom stereocenters. The topological polar surface area (TPSA) is 44.5 Å². The first-order valence-electron chi connectivity index (χ1n) is 6.74. The van der Waals surface area contributed by atoms with Gasteiger partial charge in [-0.2, -0.15) is 0 Å². The minimum atomic E-state index is -0.377. The molecule has 0 amide bonds. The molecule has 0 N–H and O–H groups in total. The molecule has 3 rings (SSSR count). The summed E-state index contributed by atoms with van der Waals surface area (Å²) in [6.45, 7) is 8.16. The average Bonchev–Trinajstić information content (AvgIpc) is 2.97. The van der Waals surface area contributed by atoms with Crippen molar-refractivity contribution in [2.45, 2.75) is 38.9 Å². The third-order valence-corrected chi connectivity index (χ3v) is 4.09. The molecular weight excluding hydrogens is 253 g/mol. The summed E-state index contributed by atoms with van der Waals surface area (Å²) in [5, 5.41) is 0. The fourth-order valence-electron chi connectivity index (χ4n) is 2.09. The van der Waals surface area contributed by atoms with E-state index in [9.17, 15) is 0 Å². The first-order chi connectivity index (χ1) is 9.39. The molecule has 2 aromatic rings. The van der Waals surface area contributed by atoms with Gasteiger partial charge < -0.3 is 13.7 Å². The Balaban J connectivity index is 1.83. The van der Waals surface area contributed by atoms with Crippen molar-refractivity contribution in [2.75, 3.05) is 0 Å². The molecule has 3 heterocycles. The molecule has 0 aromatic carbocycles. The smallest absolute Gasteiger partial charge is 0.463 e. The van der Waals surface area contributed by atoms with E-state index in [0.717, 1.165) is 16.9 Å². The minimum Gasteiger partial charge on any atom is -0.463 e. The van der Waals surface area contributed by atoms with Crippen LogP contribution in [0.15, 0.2) is 41.1 Å². The van der Waals surface area contributed by atoms with Gasteiger partial charge in [-0.25, -0.2) is 0 Å². The van der Waals surface area contributed by atoms with Gasteiger partial charge in [0.25, 0.3) is 0 Å². The predicted octanol–water partition coefficient (Wildman–Crippen LogP) is 2.64. The summed E-state index contributed by atoms with van der Waals surface area (Å²) in [5.74, 6) is 0.755. The Bertz CT molecular complexity index is 574. The number of hydrogen-bond acceptors (Lipinski definition) is 4. The molecule has 0 saturated carbocycles. The molecule has 0 radical (unpaired) electrons. The lowest BCUT2D eigenvalue weighted by Crippen LogP contribution is -2.41. The monoisotopic (exact) mass is 271 g/mol. The van der Waals surface area contributed by atoms with Gasteiger partial charge in [0.05, 0.1) is 17.5 Å². The van der Waals surface area contributed by atoms with E-state index < -0.39 is 0 Å². The van der Waals surface area contributed by atoms with Crippen LogP contribution in [0.25, 0.3) is 11.5 Å². The standard InChI is InChI=1S/C15H18BNO3/c1-14(2)15(3,4)20-16(19-14)11-7-8-12(17-10-11)13-6-5-9-18-13/h5-10H,1-4H3. The lowest BCUT2D eigenvalue weighted by molar-refractivity contribution is 0.00578. The zero-order valence-electron chi connectivity index (χ0n) is 12.2. The zero-order chi connectivity index (χ0) is 14.4. The van der Waals surface area contributed by atoms with E-state index in [0.29, 0.717) is 0 Å². The number of pyridine rings is 1. The van der Waals surface area contributed by atoms with Gasteiger partial charge in [0.1, 0.15) is 5.69 Å². The fraction of sp³-hybridized carbons (Fsp3) is 0.400. The minimum absolute atomic E-state index is 0.336. The van der Waals surface area contributed by atoms with Gasteiger partial charge in [0.2, 0.25) is 0 Å². The first kappa shape index (κ1) is 13.4. The van der Waals surface area contributed by atoms with Crippen molar-refractivity contribution in [3.8, 4) is 11.5 Å². The van der Waals surface area contributed by atoms with Crippen molar-refractivity contribution < 1.29 is 13.7 Å². The quantitative estimate of drug-likeness (QED) is 0.787. The van der Waals surface area contributed by atoms with Crippen molar-refractivity contribution in [2.24, 2.45) is 0 Å². The highest BCUT2D eigenvalue weighted by Crippen LogP contribution is 2.36. The van der Waals surface area contributed by atoms with E-state index in [1.54, 1.807) is 12.5 Å². The molecule has 104 valence electrons. The summed E-state index contributed by atoms with van der Waals surface area (Å²) >= 11 is 0. The van der Waals surface area contributed by atoms with Crippen LogP contribution in [0.5, 0.6) is 0 Å². The van der Waals surface area contributed by atoms with E-state index in [1.807, 2.05) is 52.0 Å². The summed E-state index contributed by atoms with van der Waals surface area (Å²) in [4.78, 5) is 4.41. The molecule has 2 aromatic heterocycles. The van der Waals surface area contributed by atoms with Gasteiger partial charge in [0, 0.05) is 11.7 Å². The maximum Gasteiger partial charge on any atom is 0.496 e. The molecule has 5 heteroatoms. The molecule has 0 bridgehead atoms. The zero-order valence-corrected chi connectivity index (χ0v) is 12.2. The van der Waals surface area contributed by atoms with Crippen molar-refractivity contribution in [3.63, 3.8) is 0 Å². The summed E-state index contributed by atoms with van der Waals surface area (Å²) < 4.78 is 17.3. The van der Waals surface area contributed by atoms with Crippen LogP contribution in [0, 0.1) is 0 Å². The molecule has 1 saturated heterocycles. The Labute approximate surface area is 119 Å². The Morgan fingerprint density at radius 3 is 2.20 bits per heavy atom. The van der Waals surface area contributed by atoms with Crippen LogP contribution in [0.1, 0.15) is 27.7 Å². The second-order valence-corrected chi connectivity index (χ2v) is 6.04. The van der Waals surface area contributed by atoms with E-state index in [1.165, 1.54) is 0 Å². The van der Waals surface area contributed by atoms with Crippen molar-refractivity contribution in [1.29, 1.82) is 0 Å². The number of furan rings is 1. The Morgan fingerprint density at radius 1 is 1.00 bits per heavy atom. The molecule has 1 fully saturated rings. The van der Waals surface area contributed by atoms with Crippen LogP contribution in [0.3, 0.4) is 0 Å². The van der Waals surface area contributed by atoms with Gasteiger partial charge in [-0.1, -0.05) is 6.07 Å². The van der Waals surface area contributed by atoms with E-state index in [-0.39, 0.29) is 18.3 Å². The van der Waals surface area contributed by atoms with Crippen LogP contribution in [0.2, 0.25) is 0 Å². The number of nitrogens with zero attached hydrogens (tertiary/aromatic N) is 1. The molecule has 1 aliphatic rings. The van der Waals surface area contributed by atoms with Crippen LogP contribution >= 0.6 is 0 Å². The van der Waals surface area contributed by atoms with Crippen LogP contribution in [-0.2, 0) is 9.31 Å². The van der Waals surface area contributed by atoms with Gasteiger partial charge in [-0.3, -0.25) is 4.98 Å². The van der Waals surface area contributed by atoms with Crippen LogP contribution in [0.4, 0.5) is 0 Å². The fourth-order valence-corrected chi connectivity index (χ4v) is 2.09. The average molecular weight is 271 g/mol. The van der Waals surface area contributed by atoms with Crippen molar-refractivity contribution in [1.82, 2.24) is 4.98 Å². The predicted molar refractivity (Wildman–Crippen MR) is 77.7 cm³/mol. The van der Waals surface area contributed by atoms with Gasteiger partial charge in [-0.05, 0) is 45.9 Å². The van der Waals surface area contributed by atoms with Gasteiger partial charge in [0.15, 0.2) is 5.76 Å². The number of rotatable bonds is 2. The third kappa shape index (κ3) is 2.17.